The van der Waals surface area contributed by atoms with Gasteiger partial charge >= 0.3 is 0 Å². The van der Waals surface area contributed by atoms with E-state index in [9.17, 15) is 0 Å². The van der Waals surface area contributed by atoms with Crippen molar-refractivity contribution in [3.8, 4) is 5.69 Å². The van der Waals surface area contributed by atoms with Crippen LogP contribution in [-0.4, -0.2) is 23.1 Å². The largest absolute Gasteiger partial charge is 0.319 e. The quantitative estimate of drug-likeness (QED) is 0.772. The molecule has 0 amide bonds. The maximum Gasteiger partial charge on any atom is 0.115 e. The molecule has 0 aliphatic heterocycles. The van der Waals surface area contributed by atoms with E-state index in [-0.39, 0.29) is 0 Å². The van der Waals surface area contributed by atoms with Gasteiger partial charge in [-0.15, -0.1) is 0 Å². The minimum atomic E-state index is 0.917. The molecular weight excluding hydrogens is 234 g/mol. The number of fused-ring (bicyclic) bond motifs is 1. The van der Waals surface area contributed by atoms with E-state index in [0.717, 1.165) is 24.3 Å². The molecule has 2 aromatic carbocycles. The lowest BCUT2D eigenvalue weighted by Gasteiger charge is -2.08. The topological polar surface area (TPSA) is 29.9 Å². The number of para-hydroxylation sites is 3. The van der Waals surface area contributed by atoms with Gasteiger partial charge in [0, 0.05) is 18.7 Å². The SMILES string of the molecule is CNCCc1nc2ccccc2n1-c1ccccc1. The predicted molar refractivity (Wildman–Crippen MR) is 78.7 cm³/mol. The van der Waals surface area contributed by atoms with Crippen LogP contribution in [0, 0.1) is 0 Å². The first-order chi connectivity index (χ1) is 9.40. The lowest BCUT2D eigenvalue weighted by molar-refractivity contribution is 0.748. The Balaban J connectivity index is 2.19. The van der Waals surface area contributed by atoms with Crippen LogP contribution in [0.2, 0.25) is 0 Å². The van der Waals surface area contributed by atoms with Gasteiger partial charge in [-0.25, -0.2) is 4.98 Å². The summed E-state index contributed by atoms with van der Waals surface area (Å²) in [6.07, 6.45) is 0.917. The van der Waals surface area contributed by atoms with Crippen molar-refractivity contribution in [2.24, 2.45) is 0 Å². The Morgan fingerprint density at radius 2 is 1.74 bits per heavy atom. The number of nitrogens with one attached hydrogen (secondary N) is 1. The number of imidazole rings is 1. The first-order valence-electron chi connectivity index (χ1n) is 6.56. The molecule has 0 atom stereocenters. The first-order valence-corrected chi connectivity index (χ1v) is 6.56. The van der Waals surface area contributed by atoms with Crippen LogP contribution in [-0.2, 0) is 6.42 Å². The zero-order valence-corrected chi connectivity index (χ0v) is 11.0. The molecule has 3 heteroatoms. The van der Waals surface area contributed by atoms with Gasteiger partial charge in [-0.2, -0.15) is 0 Å². The van der Waals surface area contributed by atoms with Crippen LogP contribution >= 0.6 is 0 Å². The second-order valence-electron chi connectivity index (χ2n) is 4.54. The number of likely N-dealkylation sites (N-methyl/N-ethyl adjacent to an activating group) is 1. The molecule has 0 radical (unpaired) electrons. The third-order valence-electron chi connectivity index (χ3n) is 3.24. The normalized spacial score (nSPS) is 11.0. The maximum atomic E-state index is 4.75. The van der Waals surface area contributed by atoms with Crippen molar-refractivity contribution in [2.45, 2.75) is 6.42 Å². The van der Waals surface area contributed by atoms with Crippen LogP contribution in [0.1, 0.15) is 5.82 Å². The fourth-order valence-electron chi connectivity index (χ4n) is 2.35. The van der Waals surface area contributed by atoms with E-state index in [1.54, 1.807) is 0 Å². The molecule has 1 N–H and O–H groups in total. The van der Waals surface area contributed by atoms with Crippen LogP contribution < -0.4 is 5.32 Å². The number of hydrogen-bond acceptors (Lipinski definition) is 2. The summed E-state index contributed by atoms with van der Waals surface area (Å²) in [5, 5.41) is 3.19. The van der Waals surface area contributed by atoms with Crippen molar-refractivity contribution in [1.82, 2.24) is 14.9 Å². The molecule has 0 spiro atoms. The molecule has 3 nitrogen and oxygen atoms in total. The number of aromatic nitrogens is 2. The van der Waals surface area contributed by atoms with Crippen molar-refractivity contribution < 1.29 is 0 Å². The Morgan fingerprint density at radius 3 is 2.53 bits per heavy atom. The Kier molecular flexibility index (Phi) is 3.29. The zero-order chi connectivity index (χ0) is 13.1. The third-order valence-corrected chi connectivity index (χ3v) is 3.24. The summed E-state index contributed by atoms with van der Waals surface area (Å²) >= 11 is 0. The highest BCUT2D eigenvalue weighted by Crippen LogP contribution is 2.21. The van der Waals surface area contributed by atoms with Crippen LogP contribution in [0.25, 0.3) is 16.7 Å². The maximum absolute atomic E-state index is 4.75. The van der Waals surface area contributed by atoms with Crippen molar-refractivity contribution in [2.75, 3.05) is 13.6 Å². The summed E-state index contributed by atoms with van der Waals surface area (Å²) in [5.41, 5.74) is 3.39. The lowest BCUT2D eigenvalue weighted by atomic mass is 10.2. The lowest BCUT2D eigenvalue weighted by Crippen LogP contribution is -2.13. The van der Waals surface area contributed by atoms with Crippen LogP contribution in [0.15, 0.2) is 54.6 Å². The van der Waals surface area contributed by atoms with Gasteiger partial charge in [0.25, 0.3) is 0 Å². The molecule has 0 saturated carbocycles. The number of hydrogen-bond donors (Lipinski definition) is 1. The highest BCUT2D eigenvalue weighted by molar-refractivity contribution is 5.78. The standard InChI is InChI=1S/C16H17N3/c1-17-12-11-16-18-14-9-5-6-10-15(14)19(16)13-7-3-2-4-8-13/h2-10,17H,11-12H2,1H3. The van der Waals surface area contributed by atoms with Gasteiger partial charge in [0.1, 0.15) is 5.82 Å². The highest BCUT2D eigenvalue weighted by atomic mass is 15.1. The zero-order valence-electron chi connectivity index (χ0n) is 11.0. The average Bonchev–Trinajstić information content (AvgIpc) is 2.84. The summed E-state index contributed by atoms with van der Waals surface area (Å²) in [7, 11) is 1.97. The molecule has 0 saturated heterocycles. The van der Waals surface area contributed by atoms with Crippen molar-refractivity contribution in [3.05, 3.63) is 60.4 Å². The van der Waals surface area contributed by atoms with Gasteiger partial charge < -0.3 is 5.32 Å². The van der Waals surface area contributed by atoms with Gasteiger partial charge in [0.05, 0.1) is 11.0 Å². The van der Waals surface area contributed by atoms with Crippen molar-refractivity contribution in [1.29, 1.82) is 0 Å². The fourth-order valence-corrected chi connectivity index (χ4v) is 2.35. The summed E-state index contributed by atoms with van der Waals surface area (Å²) < 4.78 is 2.24. The fraction of sp³-hybridized carbons (Fsp3) is 0.188. The van der Waals surface area contributed by atoms with E-state index in [0.29, 0.717) is 0 Å². The van der Waals surface area contributed by atoms with E-state index >= 15 is 0 Å². The second-order valence-corrected chi connectivity index (χ2v) is 4.54. The summed E-state index contributed by atoms with van der Waals surface area (Å²) in [4.78, 5) is 4.75. The first kappa shape index (κ1) is 11.9. The van der Waals surface area contributed by atoms with E-state index < -0.39 is 0 Å². The summed E-state index contributed by atoms with van der Waals surface area (Å²) in [5.74, 6) is 1.10. The van der Waals surface area contributed by atoms with Crippen LogP contribution in [0.5, 0.6) is 0 Å². The molecule has 0 aliphatic carbocycles. The minimum absolute atomic E-state index is 0.917. The predicted octanol–water partition coefficient (Wildman–Crippen LogP) is 2.79. The van der Waals surface area contributed by atoms with Gasteiger partial charge in [-0.05, 0) is 31.3 Å². The van der Waals surface area contributed by atoms with E-state index in [4.69, 9.17) is 4.98 Å². The summed E-state index contributed by atoms with van der Waals surface area (Å²) in [6, 6.07) is 18.7. The number of rotatable bonds is 4. The van der Waals surface area contributed by atoms with Crippen molar-refractivity contribution >= 4 is 11.0 Å². The smallest absolute Gasteiger partial charge is 0.115 e. The third kappa shape index (κ3) is 2.25. The number of nitrogens with zero attached hydrogens (tertiary/aromatic N) is 2. The molecular formula is C16H17N3. The molecule has 96 valence electrons. The van der Waals surface area contributed by atoms with Gasteiger partial charge in [-0.1, -0.05) is 30.3 Å². The van der Waals surface area contributed by atoms with E-state index in [2.05, 4.69) is 52.3 Å². The Bertz CT molecular complexity index is 671. The molecule has 0 bridgehead atoms. The van der Waals surface area contributed by atoms with Gasteiger partial charge in [-0.3, -0.25) is 4.57 Å². The van der Waals surface area contributed by atoms with E-state index in [1.807, 2.05) is 19.2 Å². The highest BCUT2D eigenvalue weighted by Gasteiger charge is 2.10. The summed E-state index contributed by atoms with van der Waals surface area (Å²) in [6.45, 7) is 0.927. The average molecular weight is 251 g/mol. The van der Waals surface area contributed by atoms with Gasteiger partial charge in [0.2, 0.25) is 0 Å². The Hall–Kier alpha value is -2.13. The molecule has 0 aliphatic rings. The van der Waals surface area contributed by atoms with Crippen molar-refractivity contribution in [3.63, 3.8) is 0 Å². The molecule has 1 heterocycles. The molecule has 3 rings (SSSR count). The Labute approximate surface area is 112 Å². The minimum Gasteiger partial charge on any atom is -0.319 e. The monoisotopic (exact) mass is 251 g/mol. The number of benzene rings is 2. The molecule has 1 aromatic heterocycles. The molecule has 0 unspecified atom stereocenters. The van der Waals surface area contributed by atoms with E-state index in [1.165, 1.54) is 11.2 Å². The molecule has 19 heavy (non-hydrogen) atoms. The Morgan fingerprint density at radius 1 is 1.00 bits per heavy atom. The van der Waals surface area contributed by atoms with Gasteiger partial charge in [0.15, 0.2) is 0 Å². The molecule has 3 aromatic rings. The van der Waals surface area contributed by atoms with Crippen LogP contribution in [0.3, 0.4) is 0 Å². The second kappa shape index (κ2) is 5.24. The molecule has 0 fully saturated rings. The van der Waals surface area contributed by atoms with Crippen LogP contribution in [0.4, 0.5) is 0 Å².